The highest BCUT2D eigenvalue weighted by Gasteiger charge is 2.09. The summed E-state index contributed by atoms with van der Waals surface area (Å²) >= 11 is 0. The maximum atomic E-state index is 13.6. The molecule has 1 unspecified atom stereocenters. The SMILES string of the molecule is CC(NC(=O)/C=C/c1ccccc1F)c1cccc(-n2ccnc2)c1. The van der Waals surface area contributed by atoms with Gasteiger partial charge in [-0.25, -0.2) is 9.37 Å². The average Bonchev–Trinajstić information content (AvgIpc) is 3.16. The number of carbonyl (C=O) groups excluding carboxylic acids is 1. The zero-order chi connectivity index (χ0) is 17.6. The Labute approximate surface area is 145 Å². The lowest BCUT2D eigenvalue weighted by molar-refractivity contribution is -0.117. The molecule has 0 saturated carbocycles. The van der Waals surface area contributed by atoms with Crippen molar-refractivity contribution < 1.29 is 9.18 Å². The van der Waals surface area contributed by atoms with Gasteiger partial charge in [0.2, 0.25) is 5.91 Å². The number of nitrogens with one attached hydrogen (secondary N) is 1. The second-order valence-corrected chi connectivity index (χ2v) is 5.65. The van der Waals surface area contributed by atoms with Gasteiger partial charge in [-0.05, 0) is 36.8 Å². The minimum Gasteiger partial charge on any atom is -0.346 e. The molecule has 0 aliphatic carbocycles. The highest BCUT2D eigenvalue weighted by Crippen LogP contribution is 2.17. The van der Waals surface area contributed by atoms with Gasteiger partial charge in [0.15, 0.2) is 0 Å². The molecule has 1 aromatic heterocycles. The molecule has 0 spiro atoms. The van der Waals surface area contributed by atoms with Crippen LogP contribution in [0.15, 0.2) is 73.3 Å². The Hall–Kier alpha value is -3.21. The third-order valence-electron chi connectivity index (χ3n) is 3.85. The average molecular weight is 335 g/mol. The molecule has 0 fully saturated rings. The summed E-state index contributed by atoms with van der Waals surface area (Å²) in [6, 6.07) is 14.0. The number of nitrogens with zero attached hydrogens (tertiary/aromatic N) is 2. The predicted octanol–water partition coefficient (Wildman–Crippen LogP) is 3.90. The molecule has 3 rings (SSSR count). The van der Waals surface area contributed by atoms with Crippen molar-refractivity contribution >= 4 is 12.0 Å². The highest BCUT2D eigenvalue weighted by molar-refractivity contribution is 5.92. The molecular weight excluding hydrogens is 317 g/mol. The van der Waals surface area contributed by atoms with Crippen molar-refractivity contribution in [3.63, 3.8) is 0 Å². The summed E-state index contributed by atoms with van der Waals surface area (Å²) in [6.07, 6.45) is 8.11. The van der Waals surface area contributed by atoms with E-state index in [1.54, 1.807) is 30.7 Å². The molecule has 1 atom stereocenters. The Balaban J connectivity index is 1.68. The number of carbonyl (C=O) groups is 1. The molecule has 2 aromatic carbocycles. The van der Waals surface area contributed by atoms with Crippen LogP contribution in [0.5, 0.6) is 0 Å². The number of halogens is 1. The molecule has 25 heavy (non-hydrogen) atoms. The Morgan fingerprint density at radius 1 is 1.24 bits per heavy atom. The fourth-order valence-electron chi connectivity index (χ4n) is 2.49. The Morgan fingerprint density at radius 2 is 2.08 bits per heavy atom. The summed E-state index contributed by atoms with van der Waals surface area (Å²) < 4.78 is 15.5. The lowest BCUT2D eigenvalue weighted by Crippen LogP contribution is -2.24. The van der Waals surface area contributed by atoms with Crippen LogP contribution in [0.3, 0.4) is 0 Å². The lowest BCUT2D eigenvalue weighted by Gasteiger charge is -2.14. The lowest BCUT2D eigenvalue weighted by atomic mass is 10.1. The Morgan fingerprint density at radius 3 is 2.84 bits per heavy atom. The van der Waals surface area contributed by atoms with E-state index in [1.165, 1.54) is 18.2 Å². The van der Waals surface area contributed by atoms with E-state index in [0.717, 1.165) is 11.3 Å². The zero-order valence-electron chi connectivity index (χ0n) is 13.8. The molecule has 1 N–H and O–H groups in total. The molecule has 1 heterocycles. The minimum atomic E-state index is -0.354. The maximum absolute atomic E-state index is 13.6. The summed E-state index contributed by atoms with van der Waals surface area (Å²) in [6.45, 7) is 1.90. The summed E-state index contributed by atoms with van der Waals surface area (Å²) in [7, 11) is 0. The molecular formula is C20H18FN3O. The molecule has 0 aliphatic rings. The topological polar surface area (TPSA) is 46.9 Å². The summed E-state index contributed by atoms with van der Waals surface area (Å²) in [5.74, 6) is -0.628. The van der Waals surface area contributed by atoms with Crippen molar-refractivity contribution in [3.05, 3.63) is 90.3 Å². The van der Waals surface area contributed by atoms with Crippen LogP contribution in [0.1, 0.15) is 24.1 Å². The van der Waals surface area contributed by atoms with Gasteiger partial charge in [0.05, 0.1) is 12.4 Å². The molecule has 0 radical (unpaired) electrons. The van der Waals surface area contributed by atoms with Gasteiger partial charge in [-0.3, -0.25) is 4.79 Å². The van der Waals surface area contributed by atoms with Gasteiger partial charge in [0.25, 0.3) is 0 Å². The van der Waals surface area contributed by atoms with Crippen molar-refractivity contribution in [2.75, 3.05) is 0 Å². The number of rotatable bonds is 5. The molecule has 126 valence electrons. The first-order valence-corrected chi connectivity index (χ1v) is 7.95. The predicted molar refractivity (Wildman–Crippen MR) is 95.6 cm³/mol. The zero-order valence-corrected chi connectivity index (χ0v) is 13.8. The normalized spacial score (nSPS) is 12.2. The van der Waals surface area contributed by atoms with Gasteiger partial charge in [0.1, 0.15) is 5.82 Å². The van der Waals surface area contributed by atoms with Crippen LogP contribution in [0.2, 0.25) is 0 Å². The van der Waals surface area contributed by atoms with E-state index in [1.807, 2.05) is 42.0 Å². The number of benzene rings is 2. The van der Waals surface area contributed by atoms with E-state index in [-0.39, 0.29) is 17.8 Å². The smallest absolute Gasteiger partial charge is 0.244 e. The largest absolute Gasteiger partial charge is 0.346 e. The Kier molecular flexibility index (Phi) is 5.04. The molecule has 3 aromatic rings. The van der Waals surface area contributed by atoms with Crippen molar-refractivity contribution in [1.29, 1.82) is 0 Å². The first-order chi connectivity index (χ1) is 12.1. The summed E-state index contributed by atoms with van der Waals surface area (Å²) in [5, 5.41) is 2.89. The number of hydrogen-bond acceptors (Lipinski definition) is 2. The van der Waals surface area contributed by atoms with Crippen molar-refractivity contribution in [3.8, 4) is 5.69 Å². The fourth-order valence-corrected chi connectivity index (χ4v) is 2.49. The minimum absolute atomic E-state index is 0.179. The van der Waals surface area contributed by atoms with Crippen molar-refractivity contribution in [2.24, 2.45) is 0 Å². The van der Waals surface area contributed by atoms with E-state index in [0.29, 0.717) is 5.56 Å². The first kappa shape index (κ1) is 16.6. The van der Waals surface area contributed by atoms with Gasteiger partial charge >= 0.3 is 0 Å². The quantitative estimate of drug-likeness (QED) is 0.719. The van der Waals surface area contributed by atoms with Crippen LogP contribution in [-0.2, 0) is 4.79 Å². The van der Waals surface area contributed by atoms with E-state index >= 15 is 0 Å². The van der Waals surface area contributed by atoms with Gasteiger partial charge < -0.3 is 9.88 Å². The van der Waals surface area contributed by atoms with E-state index in [4.69, 9.17) is 0 Å². The van der Waals surface area contributed by atoms with Crippen LogP contribution in [0.4, 0.5) is 4.39 Å². The summed E-state index contributed by atoms with van der Waals surface area (Å²) in [5.41, 5.74) is 2.32. The van der Waals surface area contributed by atoms with Gasteiger partial charge in [0, 0.05) is 29.7 Å². The molecule has 0 aliphatic heterocycles. The second-order valence-electron chi connectivity index (χ2n) is 5.65. The second kappa shape index (κ2) is 7.57. The maximum Gasteiger partial charge on any atom is 0.244 e. The highest BCUT2D eigenvalue weighted by atomic mass is 19.1. The number of amides is 1. The van der Waals surface area contributed by atoms with Crippen LogP contribution in [-0.4, -0.2) is 15.5 Å². The monoisotopic (exact) mass is 335 g/mol. The molecule has 5 heteroatoms. The molecule has 0 bridgehead atoms. The number of hydrogen-bond donors (Lipinski definition) is 1. The van der Waals surface area contributed by atoms with E-state index in [2.05, 4.69) is 10.3 Å². The van der Waals surface area contributed by atoms with Crippen molar-refractivity contribution in [2.45, 2.75) is 13.0 Å². The van der Waals surface area contributed by atoms with Crippen molar-refractivity contribution in [1.82, 2.24) is 14.9 Å². The van der Waals surface area contributed by atoms with Crippen LogP contribution in [0.25, 0.3) is 11.8 Å². The van der Waals surface area contributed by atoms with Gasteiger partial charge in [-0.1, -0.05) is 30.3 Å². The Bertz CT molecular complexity index is 887. The third kappa shape index (κ3) is 4.20. The van der Waals surface area contributed by atoms with Crippen LogP contribution < -0.4 is 5.32 Å². The summed E-state index contributed by atoms with van der Waals surface area (Å²) in [4.78, 5) is 16.1. The standard InChI is InChI=1S/C20H18FN3O/c1-15(17-6-4-7-18(13-17)24-12-11-22-14-24)23-20(25)10-9-16-5-2-3-8-19(16)21/h2-15H,1H3,(H,23,25)/b10-9+. The molecule has 0 saturated heterocycles. The number of imidazole rings is 1. The van der Waals surface area contributed by atoms with E-state index < -0.39 is 0 Å². The number of aromatic nitrogens is 2. The first-order valence-electron chi connectivity index (χ1n) is 7.95. The fraction of sp³-hybridized carbons (Fsp3) is 0.100. The van der Waals surface area contributed by atoms with Crippen LogP contribution >= 0.6 is 0 Å². The molecule has 1 amide bonds. The van der Waals surface area contributed by atoms with Gasteiger partial charge in [-0.15, -0.1) is 0 Å². The van der Waals surface area contributed by atoms with Gasteiger partial charge in [-0.2, -0.15) is 0 Å². The van der Waals surface area contributed by atoms with Crippen LogP contribution in [0, 0.1) is 5.82 Å². The third-order valence-corrected chi connectivity index (χ3v) is 3.85. The van der Waals surface area contributed by atoms with E-state index in [9.17, 15) is 9.18 Å². The molecule has 4 nitrogen and oxygen atoms in total.